The van der Waals surface area contributed by atoms with E-state index < -0.39 is 19.7 Å². The van der Waals surface area contributed by atoms with E-state index in [-0.39, 0.29) is 25.4 Å². The van der Waals surface area contributed by atoms with Gasteiger partial charge in [0, 0.05) is 16.5 Å². The monoisotopic (exact) mass is 820 g/mol. The van der Waals surface area contributed by atoms with Gasteiger partial charge >= 0.3 is 0 Å². The number of allylic oxidation sites excluding steroid dienone is 2. The molecule has 1 saturated carbocycles. The molecule has 0 unspecified atom stereocenters. The average molecular weight is 822 g/mol. The van der Waals surface area contributed by atoms with Crippen molar-refractivity contribution < 1.29 is 31.1 Å². The van der Waals surface area contributed by atoms with Crippen molar-refractivity contribution in [1.29, 1.82) is 0 Å². The van der Waals surface area contributed by atoms with E-state index in [2.05, 4.69) is 6.08 Å². The van der Waals surface area contributed by atoms with Crippen LogP contribution >= 0.6 is 23.2 Å². The van der Waals surface area contributed by atoms with Crippen molar-refractivity contribution in [2.45, 2.75) is 45.3 Å². The fraction of sp³-hybridized carbons (Fsp3) is 0.0889. The summed E-state index contributed by atoms with van der Waals surface area (Å²) in [7, 11) is -7.36. The zero-order valence-corrected chi connectivity index (χ0v) is 32.9. The minimum absolute atomic E-state index is 0.123. The maximum absolute atomic E-state index is 13.1. The number of carbonyl (C=O) groups is 1. The average Bonchev–Trinajstić information content (AvgIpc) is 3.37. The summed E-state index contributed by atoms with van der Waals surface area (Å²) in [5.74, 6) is 2.30. The number of carbonyl (C=O) groups excluding carboxylic acids is 1. The fourth-order valence-electron chi connectivity index (χ4n) is 6.14. The standard InChI is InChI=1S/C45H34Cl2O7S2/c46-35-8-20-41(21-9-35)55(49,50)43-24-16-39(17-25-43)53-37-12-2-32(3-13-37)29-31-1-7-34(45(48)28-6-31)30-33-4-14-38(15-5-33)54-40-18-26-44(27-19-40)56(51,52)42-22-10-36(47)11-23-42/h2-5,8-27,29-30H,1,6-7,28H2/b31-29+,34-30+. The normalized spacial score (nSPS) is 15.1. The number of sulfone groups is 2. The van der Waals surface area contributed by atoms with Crippen LogP contribution in [0.3, 0.4) is 0 Å². The minimum Gasteiger partial charge on any atom is -0.457 e. The van der Waals surface area contributed by atoms with Crippen LogP contribution in [0.15, 0.2) is 176 Å². The van der Waals surface area contributed by atoms with Gasteiger partial charge in [0.25, 0.3) is 0 Å². The first-order valence-corrected chi connectivity index (χ1v) is 21.4. The van der Waals surface area contributed by atoms with Crippen molar-refractivity contribution in [3.63, 3.8) is 0 Å². The van der Waals surface area contributed by atoms with Gasteiger partial charge in [-0.05, 0) is 163 Å². The molecule has 0 spiro atoms. The molecule has 0 aliphatic heterocycles. The Labute approximate surface area is 336 Å². The highest BCUT2D eigenvalue weighted by molar-refractivity contribution is 7.91. The Kier molecular flexibility index (Phi) is 11.6. The summed E-state index contributed by atoms with van der Waals surface area (Å²) in [6.07, 6.45) is 6.52. The maximum atomic E-state index is 13.1. The largest absolute Gasteiger partial charge is 0.457 e. The summed E-state index contributed by atoms with van der Waals surface area (Å²) < 4.78 is 63.7. The van der Waals surface area contributed by atoms with Crippen LogP contribution in [0, 0.1) is 0 Å². The number of halogens is 2. The first-order chi connectivity index (χ1) is 26.9. The van der Waals surface area contributed by atoms with Crippen LogP contribution in [0.4, 0.5) is 0 Å². The number of benzene rings is 6. The lowest BCUT2D eigenvalue weighted by Crippen LogP contribution is -2.01. The number of ketones is 1. The molecule has 1 aliphatic rings. The van der Waals surface area contributed by atoms with E-state index in [1.807, 2.05) is 54.6 Å². The molecule has 1 fully saturated rings. The minimum atomic E-state index is -3.69. The van der Waals surface area contributed by atoms with Crippen molar-refractivity contribution in [3.8, 4) is 23.0 Å². The van der Waals surface area contributed by atoms with Crippen molar-refractivity contribution in [1.82, 2.24) is 0 Å². The lowest BCUT2D eigenvalue weighted by atomic mass is 10.0. The van der Waals surface area contributed by atoms with Crippen LogP contribution in [0.2, 0.25) is 10.0 Å². The molecule has 56 heavy (non-hydrogen) atoms. The van der Waals surface area contributed by atoms with E-state index in [1.54, 1.807) is 48.5 Å². The van der Waals surface area contributed by atoms with Crippen molar-refractivity contribution >= 4 is 60.8 Å². The lowest BCUT2D eigenvalue weighted by Gasteiger charge is -2.09. The molecule has 0 heterocycles. The Morgan fingerprint density at radius 3 is 1.12 bits per heavy atom. The first kappa shape index (κ1) is 38.8. The van der Waals surface area contributed by atoms with Gasteiger partial charge in [0.05, 0.1) is 19.6 Å². The number of Topliss-reactive ketones (excluding diaryl/α,β-unsaturated/α-hetero) is 1. The molecule has 7 rings (SSSR count). The molecule has 11 heteroatoms. The van der Waals surface area contributed by atoms with Gasteiger partial charge in [0.2, 0.25) is 19.7 Å². The van der Waals surface area contributed by atoms with E-state index in [0.717, 1.165) is 23.1 Å². The number of hydrogen-bond donors (Lipinski definition) is 0. The van der Waals surface area contributed by atoms with E-state index >= 15 is 0 Å². The Balaban J connectivity index is 0.934. The van der Waals surface area contributed by atoms with Crippen molar-refractivity contribution in [2.75, 3.05) is 0 Å². The molecule has 7 nitrogen and oxygen atoms in total. The van der Waals surface area contributed by atoms with Crippen molar-refractivity contribution in [2.24, 2.45) is 0 Å². The Hall–Kier alpha value is -5.45. The summed E-state index contributed by atoms with van der Waals surface area (Å²) in [5, 5.41) is 0.923. The van der Waals surface area contributed by atoms with Gasteiger partial charge in [-0.25, -0.2) is 16.8 Å². The maximum Gasteiger partial charge on any atom is 0.206 e. The molecular formula is C45H34Cl2O7S2. The second kappa shape index (κ2) is 16.7. The topological polar surface area (TPSA) is 104 Å². The van der Waals surface area contributed by atoms with Crippen molar-refractivity contribution in [3.05, 3.63) is 178 Å². The number of rotatable bonds is 10. The highest BCUT2D eigenvalue weighted by Crippen LogP contribution is 2.31. The third-order valence-corrected chi connectivity index (χ3v) is 13.3. The zero-order chi connectivity index (χ0) is 39.3. The van der Waals surface area contributed by atoms with Crippen LogP contribution in [0.5, 0.6) is 23.0 Å². The third kappa shape index (κ3) is 9.32. The van der Waals surface area contributed by atoms with E-state index in [0.29, 0.717) is 52.3 Å². The third-order valence-electron chi connectivity index (χ3n) is 9.21. The van der Waals surface area contributed by atoms with Gasteiger partial charge in [0.15, 0.2) is 5.78 Å². The number of ether oxygens (including phenoxy) is 2. The van der Waals surface area contributed by atoms with Crippen LogP contribution < -0.4 is 9.47 Å². The smallest absolute Gasteiger partial charge is 0.206 e. The molecule has 0 atom stereocenters. The summed E-state index contributed by atoms with van der Waals surface area (Å²) in [5.41, 5.74) is 3.83. The molecule has 0 amide bonds. The molecule has 282 valence electrons. The zero-order valence-electron chi connectivity index (χ0n) is 29.8. The van der Waals surface area contributed by atoms with E-state index in [9.17, 15) is 21.6 Å². The van der Waals surface area contributed by atoms with Gasteiger partial charge in [-0.15, -0.1) is 0 Å². The molecule has 0 saturated heterocycles. The Morgan fingerprint density at radius 2 is 0.732 bits per heavy atom. The van der Waals surface area contributed by atoms with Gasteiger partial charge in [-0.1, -0.05) is 59.1 Å². The molecule has 6 aromatic carbocycles. The molecule has 0 radical (unpaired) electrons. The van der Waals surface area contributed by atoms with Gasteiger partial charge in [0.1, 0.15) is 23.0 Å². The SMILES string of the molecule is O=C1CC/C(=C/c2ccc(Oc3ccc(S(=O)(=O)c4ccc(Cl)cc4)cc3)cc2)CC/C1=C\c1ccc(Oc2ccc(S(=O)(=O)c3ccc(Cl)cc3)cc2)cc1. The quantitative estimate of drug-likeness (QED) is 0.100. The summed E-state index contributed by atoms with van der Waals surface area (Å²) in [6.45, 7) is 0. The first-order valence-electron chi connectivity index (χ1n) is 17.6. The van der Waals surface area contributed by atoms with Crippen LogP contribution in [-0.2, 0) is 24.5 Å². The van der Waals surface area contributed by atoms with Crippen LogP contribution in [0.1, 0.15) is 36.8 Å². The predicted octanol–water partition coefficient (Wildman–Crippen LogP) is 11.9. The van der Waals surface area contributed by atoms with Crippen LogP contribution in [-0.4, -0.2) is 22.6 Å². The summed E-state index contributed by atoms with van der Waals surface area (Å²) in [6, 6.07) is 39.6. The molecule has 0 bridgehead atoms. The lowest BCUT2D eigenvalue weighted by molar-refractivity contribution is -0.115. The van der Waals surface area contributed by atoms with E-state index in [1.165, 1.54) is 54.1 Å². The molecule has 6 aromatic rings. The number of hydrogen-bond acceptors (Lipinski definition) is 7. The van der Waals surface area contributed by atoms with Crippen LogP contribution in [0.25, 0.3) is 12.2 Å². The molecule has 0 aromatic heterocycles. The second-order valence-electron chi connectivity index (χ2n) is 13.1. The highest BCUT2D eigenvalue weighted by Gasteiger charge is 2.20. The second-order valence-corrected chi connectivity index (χ2v) is 17.9. The molecular weight excluding hydrogens is 788 g/mol. The summed E-state index contributed by atoms with van der Waals surface area (Å²) >= 11 is 11.8. The fourth-order valence-corrected chi connectivity index (χ4v) is 8.91. The Bertz CT molecular complexity index is 2640. The Morgan fingerprint density at radius 1 is 0.411 bits per heavy atom. The van der Waals surface area contributed by atoms with Gasteiger partial charge in [-0.3, -0.25) is 4.79 Å². The highest BCUT2D eigenvalue weighted by atomic mass is 35.5. The van der Waals surface area contributed by atoms with Gasteiger partial charge in [-0.2, -0.15) is 0 Å². The van der Waals surface area contributed by atoms with E-state index in [4.69, 9.17) is 32.7 Å². The summed E-state index contributed by atoms with van der Waals surface area (Å²) in [4.78, 5) is 13.7. The molecule has 0 N–H and O–H groups in total. The predicted molar refractivity (Wildman–Crippen MR) is 219 cm³/mol. The van der Waals surface area contributed by atoms with Gasteiger partial charge < -0.3 is 9.47 Å². The molecule has 1 aliphatic carbocycles.